The van der Waals surface area contributed by atoms with Gasteiger partial charge in [-0.3, -0.25) is 9.20 Å². The summed E-state index contributed by atoms with van der Waals surface area (Å²) in [6.07, 6.45) is 0. The second-order valence-electron chi connectivity index (χ2n) is 4.81. The van der Waals surface area contributed by atoms with Gasteiger partial charge < -0.3 is 0 Å². The standard InChI is InChI=1S/C17H11NO/c1-10-11(2)18-16-12(10)8-5-9-14(16)13-6-3-4-7-15(13)17(18)19/h3-9H,1-2H2. The van der Waals surface area contributed by atoms with Crippen LogP contribution in [0.4, 0.5) is 0 Å². The quantitative estimate of drug-likeness (QED) is 0.433. The zero-order valence-corrected chi connectivity index (χ0v) is 10.3. The molecule has 0 atom stereocenters. The highest BCUT2D eigenvalue weighted by Gasteiger charge is 2.12. The SMILES string of the molecule is C=c1c(=C)n2c(=O)c3ccccc3c3cccc1c32. The first kappa shape index (κ1) is 10.3. The molecule has 2 aromatic heterocycles. The monoisotopic (exact) mass is 245 g/mol. The lowest BCUT2D eigenvalue weighted by molar-refractivity contribution is 1.10. The molecule has 90 valence electrons. The third kappa shape index (κ3) is 1.09. The van der Waals surface area contributed by atoms with Crippen LogP contribution in [-0.2, 0) is 0 Å². The van der Waals surface area contributed by atoms with Gasteiger partial charge in [0.25, 0.3) is 5.56 Å². The van der Waals surface area contributed by atoms with Gasteiger partial charge in [-0.1, -0.05) is 49.6 Å². The summed E-state index contributed by atoms with van der Waals surface area (Å²) in [5, 5.41) is 5.31. The van der Waals surface area contributed by atoms with Crippen LogP contribution in [0.5, 0.6) is 0 Å². The molecule has 4 aromatic rings. The summed E-state index contributed by atoms with van der Waals surface area (Å²) >= 11 is 0. The van der Waals surface area contributed by atoms with Crippen molar-refractivity contribution in [2.24, 2.45) is 0 Å². The van der Waals surface area contributed by atoms with Crippen LogP contribution in [0.2, 0.25) is 0 Å². The molecule has 0 unspecified atom stereocenters. The highest BCUT2D eigenvalue weighted by Crippen LogP contribution is 2.24. The minimum atomic E-state index is -0.0146. The number of pyridine rings is 1. The molecule has 2 nitrogen and oxygen atoms in total. The zero-order chi connectivity index (χ0) is 13.1. The fraction of sp³-hybridized carbons (Fsp3) is 0. The molecule has 0 radical (unpaired) electrons. The number of rotatable bonds is 0. The number of nitrogens with zero attached hydrogens (tertiary/aromatic N) is 1. The van der Waals surface area contributed by atoms with E-state index in [1.807, 2.05) is 42.5 Å². The Labute approximate surface area is 108 Å². The van der Waals surface area contributed by atoms with Crippen molar-refractivity contribution < 1.29 is 0 Å². The molecule has 0 N–H and O–H groups in total. The Hall–Kier alpha value is -2.61. The normalized spacial score (nSPS) is 11.8. The van der Waals surface area contributed by atoms with Crippen LogP contribution in [0, 0.1) is 0 Å². The van der Waals surface area contributed by atoms with Crippen molar-refractivity contribution in [2.75, 3.05) is 0 Å². The molecular formula is C17H11NO. The number of hydrogen-bond donors (Lipinski definition) is 0. The van der Waals surface area contributed by atoms with Crippen molar-refractivity contribution in [3.63, 3.8) is 0 Å². The first-order valence-corrected chi connectivity index (χ1v) is 6.15. The van der Waals surface area contributed by atoms with Crippen LogP contribution >= 0.6 is 0 Å². The van der Waals surface area contributed by atoms with Crippen LogP contribution in [0.3, 0.4) is 0 Å². The van der Waals surface area contributed by atoms with E-state index in [0.717, 1.165) is 32.3 Å². The fourth-order valence-electron chi connectivity index (χ4n) is 2.92. The topological polar surface area (TPSA) is 21.5 Å². The average molecular weight is 245 g/mol. The molecule has 0 aliphatic rings. The van der Waals surface area contributed by atoms with Crippen LogP contribution < -0.4 is 16.1 Å². The molecule has 0 aliphatic heterocycles. The fourth-order valence-corrected chi connectivity index (χ4v) is 2.92. The summed E-state index contributed by atoms with van der Waals surface area (Å²) < 4.78 is 1.69. The predicted molar refractivity (Wildman–Crippen MR) is 80.2 cm³/mol. The van der Waals surface area contributed by atoms with Gasteiger partial charge in [0, 0.05) is 26.7 Å². The molecule has 0 saturated carbocycles. The second kappa shape index (κ2) is 3.23. The Bertz CT molecular complexity index is 1110. The molecule has 0 saturated heterocycles. The van der Waals surface area contributed by atoms with Crippen molar-refractivity contribution in [3.05, 3.63) is 63.4 Å². The summed E-state index contributed by atoms with van der Waals surface area (Å²) in [6.45, 7) is 8.05. The van der Waals surface area contributed by atoms with E-state index in [0.29, 0.717) is 5.35 Å². The molecular weight excluding hydrogens is 234 g/mol. The molecule has 4 rings (SSSR count). The maximum atomic E-state index is 12.6. The molecule has 0 bridgehead atoms. The maximum absolute atomic E-state index is 12.6. The van der Waals surface area contributed by atoms with Crippen LogP contribution in [0.15, 0.2) is 47.3 Å². The van der Waals surface area contributed by atoms with Crippen molar-refractivity contribution in [1.82, 2.24) is 4.40 Å². The number of aromatic nitrogens is 1. The van der Waals surface area contributed by atoms with Crippen molar-refractivity contribution >= 4 is 40.2 Å². The summed E-state index contributed by atoms with van der Waals surface area (Å²) in [4.78, 5) is 12.6. The largest absolute Gasteiger partial charge is 0.276 e. The van der Waals surface area contributed by atoms with E-state index in [4.69, 9.17) is 0 Å². The summed E-state index contributed by atoms with van der Waals surface area (Å²) in [6, 6.07) is 13.7. The first-order valence-electron chi connectivity index (χ1n) is 6.15. The first-order chi connectivity index (χ1) is 9.20. The number of para-hydroxylation sites is 1. The summed E-state index contributed by atoms with van der Waals surface area (Å²) in [7, 11) is 0. The second-order valence-corrected chi connectivity index (χ2v) is 4.81. The minimum Gasteiger partial charge on any atom is -0.276 e. The number of fused-ring (bicyclic) bond motifs is 2. The molecule has 0 fully saturated rings. The Morgan fingerprint density at radius 2 is 1.42 bits per heavy atom. The van der Waals surface area contributed by atoms with Gasteiger partial charge in [-0.25, -0.2) is 0 Å². The lowest BCUT2D eigenvalue weighted by Crippen LogP contribution is -2.29. The van der Waals surface area contributed by atoms with Gasteiger partial charge in [0.2, 0.25) is 0 Å². The lowest BCUT2D eigenvalue weighted by Gasteiger charge is -2.05. The van der Waals surface area contributed by atoms with Crippen LogP contribution in [0.1, 0.15) is 0 Å². The van der Waals surface area contributed by atoms with Gasteiger partial charge in [-0.2, -0.15) is 0 Å². The predicted octanol–water partition coefficient (Wildman–Crippen LogP) is 1.86. The number of hydrogen-bond acceptors (Lipinski definition) is 1. The van der Waals surface area contributed by atoms with Gasteiger partial charge in [0.1, 0.15) is 0 Å². The zero-order valence-electron chi connectivity index (χ0n) is 10.3. The van der Waals surface area contributed by atoms with E-state index in [1.54, 1.807) is 4.40 Å². The Balaban J connectivity index is 2.63. The van der Waals surface area contributed by atoms with E-state index in [1.165, 1.54) is 0 Å². The molecule has 0 amide bonds. The average Bonchev–Trinajstić information content (AvgIpc) is 2.70. The third-order valence-electron chi connectivity index (χ3n) is 3.85. The summed E-state index contributed by atoms with van der Waals surface area (Å²) in [5.74, 6) is 0. The van der Waals surface area contributed by atoms with Gasteiger partial charge in [-0.15, -0.1) is 0 Å². The Morgan fingerprint density at radius 1 is 0.789 bits per heavy atom. The molecule has 19 heavy (non-hydrogen) atoms. The van der Waals surface area contributed by atoms with Gasteiger partial charge in [0.05, 0.1) is 5.52 Å². The summed E-state index contributed by atoms with van der Waals surface area (Å²) in [5.41, 5.74) is 0.917. The van der Waals surface area contributed by atoms with E-state index in [2.05, 4.69) is 13.2 Å². The van der Waals surface area contributed by atoms with Crippen LogP contribution in [-0.4, -0.2) is 4.40 Å². The molecule has 0 spiro atoms. The smallest absolute Gasteiger partial charge is 0.263 e. The maximum Gasteiger partial charge on any atom is 0.263 e. The highest BCUT2D eigenvalue weighted by atomic mass is 16.1. The number of benzene rings is 2. The van der Waals surface area contributed by atoms with Crippen LogP contribution in [0.25, 0.3) is 40.2 Å². The van der Waals surface area contributed by atoms with E-state index < -0.39 is 0 Å². The molecule has 2 heteroatoms. The Morgan fingerprint density at radius 3 is 2.21 bits per heavy atom. The minimum absolute atomic E-state index is 0.0146. The third-order valence-corrected chi connectivity index (χ3v) is 3.85. The van der Waals surface area contributed by atoms with Gasteiger partial charge in [0.15, 0.2) is 0 Å². The van der Waals surface area contributed by atoms with Crippen molar-refractivity contribution in [3.8, 4) is 0 Å². The molecule has 2 aromatic carbocycles. The van der Waals surface area contributed by atoms with E-state index in [9.17, 15) is 4.79 Å². The van der Waals surface area contributed by atoms with Gasteiger partial charge >= 0.3 is 0 Å². The molecule has 2 heterocycles. The lowest BCUT2D eigenvalue weighted by atomic mass is 10.1. The van der Waals surface area contributed by atoms with Gasteiger partial charge in [-0.05, 0) is 11.5 Å². The highest BCUT2D eigenvalue weighted by molar-refractivity contribution is 6.11. The molecule has 0 aliphatic carbocycles. The van der Waals surface area contributed by atoms with E-state index in [-0.39, 0.29) is 5.56 Å². The van der Waals surface area contributed by atoms with E-state index >= 15 is 0 Å². The van der Waals surface area contributed by atoms with Crippen molar-refractivity contribution in [1.29, 1.82) is 0 Å². The van der Waals surface area contributed by atoms with Crippen molar-refractivity contribution in [2.45, 2.75) is 0 Å². The Kier molecular flexibility index (Phi) is 1.76.